The number of aryl methyl sites for hydroxylation is 1. The van der Waals surface area contributed by atoms with E-state index in [1.807, 2.05) is 6.07 Å². The van der Waals surface area contributed by atoms with E-state index in [2.05, 4.69) is 71.5 Å². The summed E-state index contributed by atoms with van der Waals surface area (Å²) in [5.74, 6) is 0.863. The number of hydrogen-bond acceptors (Lipinski definition) is 2. The smallest absolute Gasteiger partial charge is 0.133 e. The third-order valence-corrected chi connectivity index (χ3v) is 4.39. The van der Waals surface area contributed by atoms with Crippen molar-refractivity contribution >= 4 is 15.9 Å². The molecule has 0 saturated heterocycles. The molecule has 0 aliphatic heterocycles. The molecule has 0 saturated carbocycles. The molecule has 0 aromatic heterocycles. The maximum absolute atomic E-state index is 5.27. The fraction of sp³-hybridized carbons (Fsp3) is 0.333. The Morgan fingerprint density at radius 1 is 1.14 bits per heavy atom. The molecule has 112 valence electrons. The molecule has 1 atom stereocenters. The number of nitrogens with one attached hydrogen (secondary N) is 1. The molecular formula is C18H22BrNO. The maximum Gasteiger partial charge on any atom is 0.133 e. The SMILES string of the molecule is CCc1ccccc1CNC(C)c1ccc(OC)c(Br)c1. The van der Waals surface area contributed by atoms with Crippen LogP contribution in [-0.2, 0) is 13.0 Å². The van der Waals surface area contributed by atoms with Gasteiger partial charge in [0.15, 0.2) is 0 Å². The van der Waals surface area contributed by atoms with E-state index in [1.54, 1.807) is 7.11 Å². The average molecular weight is 348 g/mol. The van der Waals surface area contributed by atoms with E-state index >= 15 is 0 Å². The molecule has 2 aromatic rings. The zero-order valence-corrected chi connectivity index (χ0v) is 14.4. The van der Waals surface area contributed by atoms with Crippen molar-refractivity contribution in [3.05, 3.63) is 63.6 Å². The van der Waals surface area contributed by atoms with E-state index in [0.29, 0.717) is 0 Å². The summed E-state index contributed by atoms with van der Waals surface area (Å²) in [4.78, 5) is 0. The summed E-state index contributed by atoms with van der Waals surface area (Å²) in [6, 6.07) is 15.1. The molecule has 2 nitrogen and oxygen atoms in total. The first kappa shape index (κ1) is 16.1. The third kappa shape index (κ3) is 4.08. The zero-order chi connectivity index (χ0) is 15.2. The molecule has 0 heterocycles. The van der Waals surface area contributed by atoms with Gasteiger partial charge < -0.3 is 10.1 Å². The average Bonchev–Trinajstić information content (AvgIpc) is 2.52. The highest BCUT2D eigenvalue weighted by molar-refractivity contribution is 9.10. The topological polar surface area (TPSA) is 21.3 Å². The number of benzene rings is 2. The van der Waals surface area contributed by atoms with E-state index in [-0.39, 0.29) is 6.04 Å². The van der Waals surface area contributed by atoms with E-state index in [9.17, 15) is 0 Å². The van der Waals surface area contributed by atoms with E-state index in [0.717, 1.165) is 23.2 Å². The molecule has 0 aliphatic carbocycles. The van der Waals surface area contributed by atoms with Crippen LogP contribution in [0.4, 0.5) is 0 Å². The molecule has 0 fully saturated rings. The Balaban J connectivity index is 2.04. The molecule has 1 N–H and O–H groups in total. The highest BCUT2D eigenvalue weighted by Gasteiger charge is 2.09. The van der Waals surface area contributed by atoms with Crippen molar-refractivity contribution in [2.75, 3.05) is 7.11 Å². The minimum absolute atomic E-state index is 0.289. The second kappa shape index (κ2) is 7.62. The first-order valence-electron chi connectivity index (χ1n) is 7.29. The highest BCUT2D eigenvalue weighted by Crippen LogP contribution is 2.28. The first-order chi connectivity index (χ1) is 10.2. The number of halogens is 1. The summed E-state index contributed by atoms with van der Waals surface area (Å²) < 4.78 is 6.26. The van der Waals surface area contributed by atoms with Crippen molar-refractivity contribution in [3.63, 3.8) is 0 Å². The molecular weight excluding hydrogens is 326 g/mol. The van der Waals surface area contributed by atoms with Crippen molar-refractivity contribution in [2.24, 2.45) is 0 Å². The molecule has 0 aliphatic rings. The second-order valence-corrected chi connectivity index (χ2v) is 5.97. The standard InChI is InChI=1S/C18H22BrNO/c1-4-14-7-5-6-8-16(14)12-20-13(2)15-9-10-18(21-3)17(19)11-15/h5-11,13,20H,4,12H2,1-3H3. The van der Waals surface area contributed by atoms with Crippen LogP contribution in [-0.4, -0.2) is 7.11 Å². The lowest BCUT2D eigenvalue weighted by molar-refractivity contribution is 0.411. The van der Waals surface area contributed by atoms with Gasteiger partial charge in [0.05, 0.1) is 11.6 Å². The number of methoxy groups -OCH3 is 1. The first-order valence-corrected chi connectivity index (χ1v) is 8.08. The van der Waals surface area contributed by atoms with Crippen LogP contribution in [0.1, 0.15) is 36.6 Å². The Morgan fingerprint density at radius 2 is 1.86 bits per heavy atom. The van der Waals surface area contributed by atoms with Crippen molar-refractivity contribution in [1.29, 1.82) is 0 Å². The molecule has 0 spiro atoms. The number of hydrogen-bond donors (Lipinski definition) is 1. The summed E-state index contributed by atoms with van der Waals surface area (Å²) in [5.41, 5.74) is 4.03. The normalized spacial score (nSPS) is 12.2. The van der Waals surface area contributed by atoms with Gasteiger partial charge in [0, 0.05) is 12.6 Å². The van der Waals surface area contributed by atoms with Gasteiger partial charge in [0.2, 0.25) is 0 Å². The van der Waals surface area contributed by atoms with Crippen molar-refractivity contribution in [2.45, 2.75) is 32.9 Å². The minimum Gasteiger partial charge on any atom is -0.496 e. The number of rotatable bonds is 6. The summed E-state index contributed by atoms with van der Waals surface area (Å²) in [5, 5.41) is 3.59. The summed E-state index contributed by atoms with van der Waals surface area (Å²) in [7, 11) is 1.68. The summed E-state index contributed by atoms with van der Waals surface area (Å²) >= 11 is 3.54. The van der Waals surface area contributed by atoms with Crippen molar-refractivity contribution in [3.8, 4) is 5.75 Å². The Morgan fingerprint density at radius 3 is 2.48 bits per heavy atom. The van der Waals surface area contributed by atoms with Gasteiger partial charge in [0.25, 0.3) is 0 Å². The molecule has 21 heavy (non-hydrogen) atoms. The third-order valence-electron chi connectivity index (χ3n) is 3.77. The number of ether oxygens (including phenoxy) is 1. The van der Waals surface area contributed by atoms with Crippen LogP contribution in [0, 0.1) is 0 Å². The van der Waals surface area contributed by atoms with Crippen LogP contribution >= 0.6 is 15.9 Å². The molecule has 3 heteroatoms. The Kier molecular flexibility index (Phi) is 5.83. The Bertz CT molecular complexity index is 598. The van der Waals surface area contributed by atoms with Crippen LogP contribution in [0.2, 0.25) is 0 Å². The lowest BCUT2D eigenvalue weighted by Gasteiger charge is -2.17. The van der Waals surface area contributed by atoms with Crippen LogP contribution in [0.5, 0.6) is 5.75 Å². The Labute approximate surface area is 135 Å². The van der Waals surface area contributed by atoms with Gasteiger partial charge in [-0.3, -0.25) is 0 Å². The maximum atomic E-state index is 5.27. The van der Waals surface area contributed by atoms with Crippen LogP contribution in [0.15, 0.2) is 46.9 Å². The van der Waals surface area contributed by atoms with Gasteiger partial charge in [0.1, 0.15) is 5.75 Å². The quantitative estimate of drug-likeness (QED) is 0.804. The van der Waals surface area contributed by atoms with E-state index in [4.69, 9.17) is 4.74 Å². The lowest BCUT2D eigenvalue weighted by Crippen LogP contribution is -2.19. The lowest BCUT2D eigenvalue weighted by atomic mass is 10.0. The largest absolute Gasteiger partial charge is 0.496 e. The zero-order valence-electron chi connectivity index (χ0n) is 12.8. The van der Waals surface area contributed by atoms with Crippen LogP contribution in [0.3, 0.4) is 0 Å². The fourth-order valence-corrected chi connectivity index (χ4v) is 2.97. The van der Waals surface area contributed by atoms with Crippen molar-refractivity contribution < 1.29 is 4.74 Å². The predicted octanol–water partition coefficient (Wildman–Crippen LogP) is 4.87. The van der Waals surface area contributed by atoms with Gasteiger partial charge in [-0.05, 0) is 58.1 Å². The Hall–Kier alpha value is -1.32. The van der Waals surface area contributed by atoms with Gasteiger partial charge in [-0.15, -0.1) is 0 Å². The molecule has 2 rings (SSSR count). The fourth-order valence-electron chi connectivity index (χ4n) is 2.41. The second-order valence-electron chi connectivity index (χ2n) is 5.12. The van der Waals surface area contributed by atoms with E-state index in [1.165, 1.54) is 16.7 Å². The van der Waals surface area contributed by atoms with Gasteiger partial charge in [-0.2, -0.15) is 0 Å². The molecule has 0 radical (unpaired) electrons. The minimum atomic E-state index is 0.289. The molecule has 0 bridgehead atoms. The van der Waals surface area contributed by atoms with E-state index < -0.39 is 0 Å². The molecule has 0 amide bonds. The summed E-state index contributed by atoms with van der Waals surface area (Å²) in [6.07, 6.45) is 1.07. The monoisotopic (exact) mass is 347 g/mol. The highest BCUT2D eigenvalue weighted by atomic mass is 79.9. The van der Waals surface area contributed by atoms with Crippen LogP contribution in [0.25, 0.3) is 0 Å². The van der Waals surface area contributed by atoms with Gasteiger partial charge in [-0.25, -0.2) is 0 Å². The summed E-state index contributed by atoms with van der Waals surface area (Å²) in [6.45, 7) is 5.26. The van der Waals surface area contributed by atoms with Gasteiger partial charge in [-0.1, -0.05) is 37.3 Å². The molecule has 2 aromatic carbocycles. The molecule has 1 unspecified atom stereocenters. The van der Waals surface area contributed by atoms with Crippen molar-refractivity contribution in [1.82, 2.24) is 5.32 Å². The predicted molar refractivity (Wildman–Crippen MR) is 91.8 cm³/mol. The van der Waals surface area contributed by atoms with Crippen LogP contribution < -0.4 is 10.1 Å². The van der Waals surface area contributed by atoms with Gasteiger partial charge >= 0.3 is 0 Å².